The summed E-state index contributed by atoms with van der Waals surface area (Å²) in [4.78, 5) is 75.3. The van der Waals surface area contributed by atoms with Crippen molar-refractivity contribution in [1.29, 1.82) is 0 Å². The summed E-state index contributed by atoms with van der Waals surface area (Å²) >= 11 is 6.11. The van der Waals surface area contributed by atoms with Gasteiger partial charge in [-0.1, -0.05) is 90.5 Å². The van der Waals surface area contributed by atoms with Crippen molar-refractivity contribution in [3.05, 3.63) is 137 Å². The van der Waals surface area contributed by atoms with E-state index in [2.05, 4.69) is 31.2 Å². The SMILES string of the molecule is NC(=O)[C@H](Cc1c[nH]c2ccccc12)NC(=O)[C@H](CCCN=C(N)N)NC(=O)[C@H](Cc1ccccc1)NC(=O)[C@H](Cc1ccc(Cl)cc1)NC(=O)COc1ccccc1. The maximum atomic E-state index is 14.3. The molecule has 0 aliphatic rings. The molecule has 11 N–H and O–H groups in total. The highest BCUT2D eigenvalue weighted by Gasteiger charge is 2.32. The second kappa shape index (κ2) is 21.6. The third-order valence-corrected chi connectivity index (χ3v) is 9.62. The van der Waals surface area contributed by atoms with Crippen LogP contribution in [-0.4, -0.2) is 77.8 Å². The van der Waals surface area contributed by atoms with Gasteiger partial charge in [0.15, 0.2) is 12.6 Å². The zero-order chi connectivity index (χ0) is 42.1. The molecule has 59 heavy (non-hydrogen) atoms. The molecular formula is C43H48ClN9O6. The molecule has 5 amide bonds. The van der Waals surface area contributed by atoms with Crippen molar-refractivity contribution in [2.45, 2.75) is 56.3 Å². The second-order valence-electron chi connectivity index (χ2n) is 13.8. The van der Waals surface area contributed by atoms with Crippen LogP contribution in [0.2, 0.25) is 5.02 Å². The Morgan fingerprint density at radius 1 is 0.644 bits per heavy atom. The van der Waals surface area contributed by atoms with E-state index in [-0.39, 0.29) is 51.2 Å². The van der Waals surface area contributed by atoms with Crippen LogP contribution in [0.15, 0.2) is 120 Å². The van der Waals surface area contributed by atoms with Gasteiger partial charge < -0.3 is 48.2 Å². The lowest BCUT2D eigenvalue weighted by molar-refractivity contribution is -0.134. The number of nitrogens with two attached hydrogens (primary N) is 3. The Bertz CT molecular complexity index is 2210. The number of hydrogen-bond acceptors (Lipinski definition) is 7. The lowest BCUT2D eigenvalue weighted by Gasteiger charge is -2.26. The highest BCUT2D eigenvalue weighted by Crippen LogP contribution is 2.19. The van der Waals surface area contributed by atoms with Crippen LogP contribution >= 0.6 is 11.6 Å². The summed E-state index contributed by atoms with van der Waals surface area (Å²) in [5.41, 5.74) is 19.8. The number of nitrogens with zero attached hydrogens (tertiary/aromatic N) is 1. The Kier molecular flexibility index (Phi) is 15.8. The fourth-order valence-electron chi connectivity index (χ4n) is 6.36. The van der Waals surface area contributed by atoms with E-state index < -0.39 is 53.7 Å². The molecule has 5 rings (SSSR count). The van der Waals surface area contributed by atoms with Gasteiger partial charge in [0.1, 0.15) is 29.9 Å². The number of halogens is 1. The Hall–Kier alpha value is -6.87. The van der Waals surface area contributed by atoms with Crippen molar-refractivity contribution in [3.8, 4) is 5.75 Å². The molecule has 0 fully saturated rings. The fourth-order valence-corrected chi connectivity index (χ4v) is 6.48. The molecule has 0 spiro atoms. The van der Waals surface area contributed by atoms with Gasteiger partial charge in [0.05, 0.1) is 0 Å². The van der Waals surface area contributed by atoms with Gasteiger partial charge in [0.2, 0.25) is 23.6 Å². The van der Waals surface area contributed by atoms with Gasteiger partial charge in [-0.05, 0) is 59.9 Å². The smallest absolute Gasteiger partial charge is 0.258 e. The summed E-state index contributed by atoms with van der Waals surface area (Å²) in [7, 11) is 0. The van der Waals surface area contributed by atoms with Gasteiger partial charge >= 0.3 is 0 Å². The lowest BCUT2D eigenvalue weighted by atomic mass is 10.0. The molecular weight excluding hydrogens is 774 g/mol. The quantitative estimate of drug-likeness (QED) is 0.0310. The summed E-state index contributed by atoms with van der Waals surface area (Å²) in [5.74, 6) is -3.04. The van der Waals surface area contributed by atoms with Gasteiger partial charge in [0.25, 0.3) is 5.91 Å². The number of primary amides is 1. The lowest BCUT2D eigenvalue weighted by Crippen LogP contribution is -2.59. The third-order valence-electron chi connectivity index (χ3n) is 9.37. The zero-order valence-electron chi connectivity index (χ0n) is 32.2. The second-order valence-corrected chi connectivity index (χ2v) is 14.3. The molecule has 5 aromatic rings. The van der Waals surface area contributed by atoms with Gasteiger partial charge in [-0.25, -0.2) is 0 Å². The molecule has 0 unspecified atom stereocenters. The molecule has 0 aliphatic carbocycles. The van der Waals surface area contributed by atoms with Crippen LogP contribution in [0.1, 0.15) is 29.5 Å². The van der Waals surface area contributed by atoms with Crippen molar-refractivity contribution in [1.82, 2.24) is 26.3 Å². The highest BCUT2D eigenvalue weighted by atomic mass is 35.5. The first-order valence-electron chi connectivity index (χ1n) is 19.0. The van der Waals surface area contributed by atoms with Gasteiger partial charge in [-0.3, -0.25) is 29.0 Å². The fraction of sp³-hybridized carbons (Fsp3) is 0.256. The number of aromatic nitrogens is 1. The molecule has 0 saturated heterocycles. The summed E-state index contributed by atoms with van der Waals surface area (Å²) < 4.78 is 5.61. The van der Waals surface area contributed by atoms with E-state index in [1.54, 1.807) is 79.0 Å². The van der Waals surface area contributed by atoms with E-state index in [4.69, 9.17) is 33.5 Å². The number of fused-ring (bicyclic) bond motifs is 1. The van der Waals surface area contributed by atoms with Crippen molar-refractivity contribution in [2.24, 2.45) is 22.2 Å². The first kappa shape index (κ1) is 43.3. The predicted molar refractivity (Wildman–Crippen MR) is 226 cm³/mol. The van der Waals surface area contributed by atoms with E-state index in [0.717, 1.165) is 16.5 Å². The van der Waals surface area contributed by atoms with Crippen molar-refractivity contribution in [2.75, 3.05) is 13.2 Å². The molecule has 1 heterocycles. The molecule has 16 heteroatoms. The van der Waals surface area contributed by atoms with Crippen LogP contribution < -0.4 is 43.2 Å². The maximum absolute atomic E-state index is 14.3. The number of nitrogens with one attached hydrogen (secondary N) is 5. The average Bonchev–Trinajstić information content (AvgIpc) is 3.64. The van der Waals surface area contributed by atoms with E-state index >= 15 is 0 Å². The number of guanidine groups is 1. The van der Waals surface area contributed by atoms with Crippen LogP contribution in [0.3, 0.4) is 0 Å². The average molecular weight is 822 g/mol. The maximum Gasteiger partial charge on any atom is 0.258 e. The first-order valence-corrected chi connectivity index (χ1v) is 19.4. The Morgan fingerprint density at radius 3 is 1.86 bits per heavy atom. The summed E-state index contributed by atoms with van der Waals surface area (Å²) in [6.45, 7) is -0.216. The normalized spacial score (nSPS) is 12.9. The monoisotopic (exact) mass is 821 g/mol. The Labute approximate surface area is 346 Å². The number of aromatic amines is 1. The third kappa shape index (κ3) is 13.6. The topological polar surface area (TPSA) is 249 Å². The number of aliphatic imine (C=N–C) groups is 1. The standard InChI is InChI=1S/C43H48ClN9O6/c44-30-19-17-28(18-20-30)23-36(50-38(54)26-59-31-12-5-2-6-13-31)41(57)53-37(22-27-10-3-1-4-11-27)42(58)51-34(16-9-21-48-43(46)47)40(56)52-35(39(45)55)24-29-25-49-33-15-8-7-14-32(29)33/h1-8,10-15,17-20,25,34-37,49H,9,16,21-24,26H2,(H2,45,55)(H,50,54)(H,51,58)(H,52,56)(H,53,57)(H4,46,47,48)/t34-,35-,36-,37-/m0/s1. The number of amides is 5. The van der Waals surface area contributed by atoms with E-state index in [1.807, 2.05) is 36.4 Å². The molecule has 0 saturated carbocycles. The number of rotatable bonds is 21. The molecule has 1 aromatic heterocycles. The van der Waals surface area contributed by atoms with E-state index in [1.165, 1.54) is 0 Å². The molecule has 0 radical (unpaired) electrons. The minimum Gasteiger partial charge on any atom is -0.484 e. The number of para-hydroxylation sites is 2. The Morgan fingerprint density at radius 2 is 1.20 bits per heavy atom. The predicted octanol–water partition coefficient (Wildman–Crippen LogP) is 2.41. The number of H-pyrrole nitrogens is 1. The number of carbonyl (C=O) groups is 5. The molecule has 0 bridgehead atoms. The zero-order valence-corrected chi connectivity index (χ0v) is 33.0. The number of carbonyl (C=O) groups excluding carboxylic acids is 5. The van der Waals surface area contributed by atoms with Crippen molar-refractivity contribution < 1.29 is 28.7 Å². The minimum absolute atomic E-state index is 0.0317. The highest BCUT2D eigenvalue weighted by molar-refractivity contribution is 6.30. The van der Waals surface area contributed by atoms with E-state index in [0.29, 0.717) is 21.9 Å². The summed E-state index contributed by atoms with van der Waals surface area (Å²) in [6.07, 6.45) is 2.26. The van der Waals surface area contributed by atoms with Crippen molar-refractivity contribution >= 4 is 58.0 Å². The molecule has 308 valence electrons. The van der Waals surface area contributed by atoms with Gasteiger partial charge in [-0.2, -0.15) is 0 Å². The van der Waals surface area contributed by atoms with Gasteiger partial charge in [-0.15, -0.1) is 0 Å². The van der Waals surface area contributed by atoms with Gasteiger partial charge in [0, 0.05) is 47.9 Å². The number of benzene rings is 4. The number of ether oxygens (including phenoxy) is 1. The molecule has 15 nitrogen and oxygen atoms in total. The molecule has 4 atom stereocenters. The van der Waals surface area contributed by atoms with Crippen LogP contribution in [-0.2, 0) is 43.2 Å². The van der Waals surface area contributed by atoms with Crippen molar-refractivity contribution in [3.63, 3.8) is 0 Å². The largest absolute Gasteiger partial charge is 0.484 e. The van der Waals surface area contributed by atoms with E-state index in [9.17, 15) is 24.0 Å². The Balaban J connectivity index is 1.36. The number of hydrogen-bond donors (Lipinski definition) is 8. The minimum atomic E-state index is -1.22. The van der Waals surface area contributed by atoms with Crippen LogP contribution in [0, 0.1) is 0 Å². The first-order chi connectivity index (χ1) is 28.4. The van der Waals surface area contributed by atoms with Crippen LogP contribution in [0.5, 0.6) is 5.75 Å². The molecule has 4 aromatic carbocycles. The summed E-state index contributed by atoms with van der Waals surface area (Å²) in [6, 6.07) is 27.3. The summed E-state index contributed by atoms with van der Waals surface area (Å²) in [5, 5.41) is 12.4. The van der Waals surface area contributed by atoms with Crippen LogP contribution in [0.25, 0.3) is 10.9 Å². The van der Waals surface area contributed by atoms with Crippen LogP contribution in [0.4, 0.5) is 0 Å². The molecule has 0 aliphatic heterocycles.